The van der Waals surface area contributed by atoms with E-state index in [2.05, 4.69) is 19.9 Å². The molecule has 0 spiro atoms. The summed E-state index contributed by atoms with van der Waals surface area (Å²) < 4.78 is 26.3. The van der Waals surface area contributed by atoms with Gasteiger partial charge in [0.2, 0.25) is 10.0 Å². The molecule has 90 valence electrons. The van der Waals surface area contributed by atoms with Crippen molar-refractivity contribution in [3.05, 3.63) is 42.5 Å². The molecule has 0 radical (unpaired) electrons. The van der Waals surface area contributed by atoms with Gasteiger partial charge < -0.3 is 0 Å². The van der Waals surface area contributed by atoms with Gasteiger partial charge in [0.1, 0.15) is 4.90 Å². The van der Waals surface area contributed by atoms with E-state index in [4.69, 9.17) is 0 Å². The smallest absolute Gasteiger partial charge is 0.244 e. The molecule has 2 rings (SSSR count). The third-order valence-corrected chi connectivity index (χ3v) is 3.75. The Kier molecular flexibility index (Phi) is 3.21. The average molecular weight is 252 g/mol. The summed E-state index contributed by atoms with van der Waals surface area (Å²) in [6.07, 6.45) is 4.21. The van der Waals surface area contributed by atoms with Crippen LogP contribution in [0.1, 0.15) is 18.7 Å². The number of H-pyrrole nitrogens is 1. The Morgan fingerprint density at radius 1 is 1.41 bits per heavy atom. The van der Waals surface area contributed by atoms with E-state index in [9.17, 15) is 8.42 Å². The Bertz CT molecular complexity index is 566. The topological polar surface area (TPSA) is 87.7 Å². The SMILES string of the molecule is CC(NS(=O)(=O)c1cn[nH]c1)c1ccccn1. The molecule has 2 aromatic heterocycles. The Hall–Kier alpha value is -1.73. The van der Waals surface area contributed by atoms with Gasteiger partial charge in [-0.15, -0.1) is 0 Å². The van der Waals surface area contributed by atoms with Gasteiger partial charge in [0.25, 0.3) is 0 Å². The molecule has 1 unspecified atom stereocenters. The third kappa shape index (κ3) is 2.69. The molecular formula is C10H12N4O2S. The zero-order chi connectivity index (χ0) is 12.3. The van der Waals surface area contributed by atoms with E-state index in [-0.39, 0.29) is 4.90 Å². The lowest BCUT2D eigenvalue weighted by Gasteiger charge is -2.12. The van der Waals surface area contributed by atoms with Crippen LogP contribution in [0.4, 0.5) is 0 Å². The molecule has 0 amide bonds. The first kappa shape index (κ1) is 11.7. The lowest BCUT2D eigenvalue weighted by atomic mass is 10.2. The molecule has 0 saturated heterocycles. The summed E-state index contributed by atoms with van der Waals surface area (Å²) in [5.41, 5.74) is 0.666. The lowest BCUT2D eigenvalue weighted by molar-refractivity contribution is 0.564. The van der Waals surface area contributed by atoms with E-state index in [1.54, 1.807) is 25.3 Å². The molecule has 0 fully saturated rings. The van der Waals surface area contributed by atoms with Gasteiger partial charge in [0.15, 0.2) is 0 Å². The summed E-state index contributed by atoms with van der Waals surface area (Å²) in [5, 5.41) is 6.07. The fraction of sp³-hybridized carbons (Fsp3) is 0.200. The second kappa shape index (κ2) is 4.64. The quantitative estimate of drug-likeness (QED) is 0.844. The van der Waals surface area contributed by atoms with E-state index in [1.165, 1.54) is 12.4 Å². The molecule has 2 aromatic rings. The maximum absolute atomic E-state index is 11.9. The Morgan fingerprint density at radius 2 is 2.24 bits per heavy atom. The highest BCUT2D eigenvalue weighted by Gasteiger charge is 2.19. The number of rotatable bonds is 4. The number of aromatic amines is 1. The number of sulfonamides is 1. The first-order valence-electron chi connectivity index (χ1n) is 5.01. The van der Waals surface area contributed by atoms with E-state index >= 15 is 0 Å². The highest BCUT2D eigenvalue weighted by molar-refractivity contribution is 7.89. The van der Waals surface area contributed by atoms with Crippen LogP contribution in [0.15, 0.2) is 41.7 Å². The molecule has 2 N–H and O–H groups in total. The van der Waals surface area contributed by atoms with Gasteiger partial charge in [-0.05, 0) is 19.1 Å². The minimum atomic E-state index is -3.55. The molecular weight excluding hydrogens is 240 g/mol. The number of hydrogen-bond donors (Lipinski definition) is 2. The van der Waals surface area contributed by atoms with Crippen molar-refractivity contribution in [3.63, 3.8) is 0 Å². The minimum Gasteiger partial charge on any atom is -0.284 e. The van der Waals surface area contributed by atoms with Crippen LogP contribution in [0, 0.1) is 0 Å². The largest absolute Gasteiger partial charge is 0.284 e. The van der Waals surface area contributed by atoms with Crippen LogP contribution in [0.5, 0.6) is 0 Å². The predicted molar refractivity (Wildman–Crippen MR) is 61.6 cm³/mol. The number of hydrogen-bond acceptors (Lipinski definition) is 4. The average Bonchev–Trinajstić information content (AvgIpc) is 2.84. The highest BCUT2D eigenvalue weighted by Crippen LogP contribution is 2.13. The molecule has 17 heavy (non-hydrogen) atoms. The number of pyridine rings is 1. The van der Waals surface area contributed by atoms with Gasteiger partial charge >= 0.3 is 0 Å². The molecule has 6 nitrogen and oxygen atoms in total. The summed E-state index contributed by atoms with van der Waals surface area (Å²) in [7, 11) is -3.55. The summed E-state index contributed by atoms with van der Waals surface area (Å²) in [4.78, 5) is 4.21. The van der Waals surface area contributed by atoms with Crippen molar-refractivity contribution < 1.29 is 8.42 Å². The molecule has 0 aliphatic rings. The van der Waals surface area contributed by atoms with Crippen LogP contribution in [-0.4, -0.2) is 23.6 Å². The van der Waals surface area contributed by atoms with Crippen LogP contribution in [0.2, 0.25) is 0 Å². The van der Waals surface area contributed by atoms with E-state index in [0.29, 0.717) is 5.69 Å². The summed E-state index contributed by atoms with van der Waals surface area (Å²) in [6, 6.07) is 4.96. The first-order valence-corrected chi connectivity index (χ1v) is 6.50. The predicted octanol–water partition coefficient (Wildman–Crippen LogP) is 0.844. The van der Waals surface area contributed by atoms with Crippen molar-refractivity contribution in [2.24, 2.45) is 0 Å². The minimum absolute atomic E-state index is 0.111. The zero-order valence-corrected chi connectivity index (χ0v) is 9.98. The van der Waals surface area contributed by atoms with Gasteiger partial charge in [-0.2, -0.15) is 5.10 Å². The van der Waals surface area contributed by atoms with Crippen molar-refractivity contribution in [1.82, 2.24) is 19.9 Å². The first-order chi connectivity index (χ1) is 8.09. The van der Waals surface area contributed by atoms with Crippen LogP contribution in [0.25, 0.3) is 0 Å². The van der Waals surface area contributed by atoms with E-state index in [1.807, 2.05) is 6.07 Å². The number of nitrogens with one attached hydrogen (secondary N) is 2. The van der Waals surface area contributed by atoms with Gasteiger partial charge in [-0.1, -0.05) is 6.07 Å². The number of nitrogens with zero attached hydrogens (tertiary/aromatic N) is 2. The maximum atomic E-state index is 11.9. The highest BCUT2D eigenvalue weighted by atomic mass is 32.2. The van der Waals surface area contributed by atoms with Crippen molar-refractivity contribution in [1.29, 1.82) is 0 Å². The van der Waals surface area contributed by atoms with Gasteiger partial charge in [-0.3, -0.25) is 10.1 Å². The Morgan fingerprint density at radius 3 is 2.82 bits per heavy atom. The van der Waals surface area contributed by atoms with Gasteiger partial charge in [0.05, 0.1) is 17.9 Å². The molecule has 0 saturated carbocycles. The molecule has 7 heteroatoms. The second-order valence-electron chi connectivity index (χ2n) is 3.53. The lowest BCUT2D eigenvalue weighted by Crippen LogP contribution is -2.27. The summed E-state index contributed by atoms with van der Waals surface area (Å²) >= 11 is 0. The molecule has 0 aliphatic heterocycles. The van der Waals surface area contributed by atoms with Crippen LogP contribution < -0.4 is 4.72 Å². The normalized spacial score (nSPS) is 13.5. The standard InChI is InChI=1S/C10H12N4O2S/c1-8(10-4-2-3-5-11-10)14-17(15,16)9-6-12-13-7-9/h2-8,14H,1H3,(H,12,13). The summed E-state index contributed by atoms with van der Waals surface area (Å²) in [6.45, 7) is 1.74. The molecule has 2 heterocycles. The molecule has 1 atom stereocenters. The third-order valence-electron chi connectivity index (χ3n) is 2.25. The molecule has 0 bridgehead atoms. The monoisotopic (exact) mass is 252 g/mol. The number of aromatic nitrogens is 3. The van der Waals surface area contributed by atoms with Crippen LogP contribution in [0.3, 0.4) is 0 Å². The van der Waals surface area contributed by atoms with Crippen molar-refractivity contribution >= 4 is 10.0 Å². The fourth-order valence-corrected chi connectivity index (χ4v) is 2.50. The van der Waals surface area contributed by atoms with Crippen molar-refractivity contribution in [2.45, 2.75) is 17.9 Å². The van der Waals surface area contributed by atoms with Crippen molar-refractivity contribution in [3.8, 4) is 0 Å². The Labute approximate surface area is 99.1 Å². The van der Waals surface area contributed by atoms with E-state index in [0.717, 1.165) is 0 Å². The molecule has 0 aliphatic carbocycles. The van der Waals surface area contributed by atoms with E-state index < -0.39 is 16.1 Å². The van der Waals surface area contributed by atoms with Gasteiger partial charge in [-0.25, -0.2) is 13.1 Å². The maximum Gasteiger partial charge on any atom is 0.244 e. The zero-order valence-electron chi connectivity index (χ0n) is 9.16. The molecule has 0 aromatic carbocycles. The van der Waals surface area contributed by atoms with Gasteiger partial charge in [0, 0.05) is 12.4 Å². The fourth-order valence-electron chi connectivity index (χ4n) is 1.38. The Balaban J connectivity index is 2.17. The van der Waals surface area contributed by atoms with Crippen LogP contribution in [-0.2, 0) is 10.0 Å². The second-order valence-corrected chi connectivity index (χ2v) is 5.25. The van der Waals surface area contributed by atoms with Crippen LogP contribution >= 0.6 is 0 Å². The summed E-state index contributed by atoms with van der Waals surface area (Å²) in [5.74, 6) is 0. The van der Waals surface area contributed by atoms with Crippen molar-refractivity contribution in [2.75, 3.05) is 0 Å².